The molecule has 1 amide bonds. The molecule has 0 spiro atoms. The van der Waals surface area contributed by atoms with Crippen LogP contribution in [0.2, 0.25) is 0 Å². The van der Waals surface area contributed by atoms with E-state index in [1.54, 1.807) is 13.0 Å². The fourth-order valence-electron chi connectivity index (χ4n) is 2.02. The number of carbonyl (C=O) groups is 2. The van der Waals surface area contributed by atoms with Crippen LogP contribution in [0.15, 0.2) is 41.2 Å². The molecule has 0 radical (unpaired) electrons. The zero-order valence-electron chi connectivity index (χ0n) is 13.6. The van der Waals surface area contributed by atoms with E-state index >= 15 is 0 Å². The summed E-state index contributed by atoms with van der Waals surface area (Å²) in [6.07, 6.45) is 0. The molecule has 0 bridgehead atoms. The van der Waals surface area contributed by atoms with Crippen molar-refractivity contribution in [3.63, 3.8) is 0 Å². The van der Waals surface area contributed by atoms with Crippen LogP contribution in [0.1, 0.15) is 12.5 Å². The fraction of sp³-hybridized carbons (Fsp3) is 0.294. The minimum Gasteiger partial charge on any atom is -0.465 e. The van der Waals surface area contributed by atoms with E-state index in [4.69, 9.17) is 4.74 Å². The highest BCUT2D eigenvalue weighted by Crippen LogP contribution is 2.15. The Morgan fingerprint density at radius 1 is 1.17 bits per heavy atom. The molecule has 24 heavy (non-hydrogen) atoms. The second kappa shape index (κ2) is 8.05. The summed E-state index contributed by atoms with van der Waals surface area (Å²) in [4.78, 5) is 34.9. The Hall–Kier alpha value is -2.96. The average molecular weight is 329 g/mol. The van der Waals surface area contributed by atoms with Crippen molar-refractivity contribution in [1.82, 2.24) is 15.1 Å². The fourth-order valence-corrected chi connectivity index (χ4v) is 2.02. The lowest BCUT2D eigenvalue weighted by Crippen LogP contribution is -2.36. The molecule has 0 fully saturated rings. The van der Waals surface area contributed by atoms with Crippen LogP contribution in [0.5, 0.6) is 0 Å². The number of nitrogens with one attached hydrogen (secondary N) is 1. The molecular formula is C17H19N3O4. The summed E-state index contributed by atoms with van der Waals surface area (Å²) in [5.74, 6) is -1.02. The third-order valence-electron chi connectivity index (χ3n) is 3.24. The SMILES string of the molecule is CCOC(=O)CNC(=O)Cn1nc(-c2ccc(C)cc2)ccc1=O. The minimum atomic E-state index is -0.528. The summed E-state index contributed by atoms with van der Waals surface area (Å²) < 4.78 is 5.78. The molecule has 0 saturated carbocycles. The van der Waals surface area contributed by atoms with E-state index in [2.05, 4.69) is 10.4 Å². The van der Waals surface area contributed by atoms with Crippen molar-refractivity contribution in [3.8, 4) is 11.3 Å². The third kappa shape index (κ3) is 4.77. The lowest BCUT2D eigenvalue weighted by atomic mass is 10.1. The molecule has 2 aromatic rings. The highest BCUT2D eigenvalue weighted by molar-refractivity contribution is 5.81. The first-order valence-electron chi connectivity index (χ1n) is 7.57. The van der Waals surface area contributed by atoms with Crippen molar-refractivity contribution < 1.29 is 14.3 Å². The van der Waals surface area contributed by atoms with Crippen molar-refractivity contribution in [2.75, 3.05) is 13.2 Å². The van der Waals surface area contributed by atoms with Crippen molar-refractivity contribution >= 4 is 11.9 Å². The number of amides is 1. The molecule has 0 aliphatic carbocycles. The Morgan fingerprint density at radius 2 is 1.88 bits per heavy atom. The maximum atomic E-state index is 11.9. The van der Waals surface area contributed by atoms with Gasteiger partial charge in [0, 0.05) is 11.6 Å². The van der Waals surface area contributed by atoms with Gasteiger partial charge in [-0.3, -0.25) is 14.4 Å². The number of esters is 1. The first-order chi connectivity index (χ1) is 11.5. The highest BCUT2D eigenvalue weighted by atomic mass is 16.5. The van der Waals surface area contributed by atoms with Crippen LogP contribution in [0.3, 0.4) is 0 Å². The number of nitrogens with zero attached hydrogens (tertiary/aromatic N) is 2. The van der Waals surface area contributed by atoms with Crippen LogP contribution in [0.25, 0.3) is 11.3 Å². The summed E-state index contributed by atoms with van der Waals surface area (Å²) in [7, 11) is 0. The number of ether oxygens (including phenoxy) is 1. The molecule has 1 aromatic carbocycles. The number of aryl methyl sites for hydroxylation is 1. The van der Waals surface area contributed by atoms with Gasteiger partial charge in [-0.15, -0.1) is 0 Å². The van der Waals surface area contributed by atoms with Crippen LogP contribution in [0, 0.1) is 6.92 Å². The van der Waals surface area contributed by atoms with Gasteiger partial charge in [0.2, 0.25) is 5.91 Å². The summed E-state index contributed by atoms with van der Waals surface area (Å²) in [6, 6.07) is 10.7. The van der Waals surface area contributed by atoms with E-state index < -0.39 is 17.4 Å². The van der Waals surface area contributed by atoms with E-state index in [0.717, 1.165) is 15.8 Å². The van der Waals surface area contributed by atoms with Gasteiger partial charge in [-0.1, -0.05) is 29.8 Å². The predicted octanol–water partition coefficient (Wildman–Crippen LogP) is 0.898. The Balaban J connectivity index is 2.08. The molecule has 126 valence electrons. The summed E-state index contributed by atoms with van der Waals surface area (Å²) in [5, 5.41) is 6.60. The smallest absolute Gasteiger partial charge is 0.325 e. The lowest BCUT2D eigenvalue weighted by molar-refractivity contribution is -0.143. The van der Waals surface area contributed by atoms with Gasteiger partial charge in [0.1, 0.15) is 13.1 Å². The topological polar surface area (TPSA) is 90.3 Å². The van der Waals surface area contributed by atoms with E-state index in [9.17, 15) is 14.4 Å². The monoisotopic (exact) mass is 329 g/mol. The Labute approximate surface area is 139 Å². The van der Waals surface area contributed by atoms with Crippen molar-refractivity contribution in [2.24, 2.45) is 0 Å². The van der Waals surface area contributed by atoms with Crippen LogP contribution < -0.4 is 10.9 Å². The van der Waals surface area contributed by atoms with E-state index in [0.29, 0.717) is 5.69 Å². The Morgan fingerprint density at radius 3 is 2.54 bits per heavy atom. The second-order valence-corrected chi connectivity index (χ2v) is 5.16. The number of carbonyl (C=O) groups excluding carboxylic acids is 2. The van der Waals surface area contributed by atoms with Gasteiger partial charge in [0.05, 0.1) is 12.3 Å². The van der Waals surface area contributed by atoms with Crippen LogP contribution in [-0.2, 0) is 20.9 Å². The molecular weight excluding hydrogens is 310 g/mol. The van der Waals surface area contributed by atoms with E-state index in [-0.39, 0.29) is 19.7 Å². The lowest BCUT2D eigenvalue weighted by Gasteiger charge is -2.08. The van der Waals surface area contributed by atoms with E-state index in [1.807, 2.05) is 31.2 Å². The van der Waals surface area contributed by atoms with Crippen LogP contribution in [-0.4, -0.2) is 34.8 Å². The molecule has 0 saturated heterocycles. The standard InChI is InChI=1S/C17H19N3O4/c1-3-24-17(23)10-18-15(21)11-20-16(22)9-8-14(19-20)13-6-4-12(2)5-7-13/h4-9H,3,10-11H2,1-2H3,(H,18,21). The highest BCUT2D eigenvalue weighted by Gasteiger charge is 2.10. The minimum absolute atomic E-state index is 0.237. The normalized spacial score (nSPS) is 10.2. The quantitative estimate of drug-likeness (QED) is 0.795. The third-order valence-corrected chi connectivity index (χ3v) is 3.24. The molecule has 7 nitrogen and oxygen atoms in total. The van der Waals surface area contributed by atoms with Gasteiger partial charge in [-0.05, 0) is 19.9 Å². The first kappa shape index (κ1) is 17.4. The maximum Gasteiger partial charge on any atom is 0.325 e. The molecule has 0 unspecified atom stereocenters. The second-order valence-electron chi connectivity index (χ2n) is 5.16. The molecule has 0 aliphatic rings. The van der Waals surface area contributed by atoms with Crippen molar-refractivity contribution in [2.45, 2.75) is 20.4 Å². The average Bonchev–Trinajstić information content (AvgIpc) is 2.56. The Kier molecular flexibility index (Phi) is 5.83. The maximum absolute atomic E-state index is 11.9. The first-order valence-corrected chi connectivity index (χ1v) is 7.57. The molecule has 7 heteroatoms. The van der Waals surface area contributed by atoms with Gasteiger partial charge < -0.3 is 10.1 Å². The van der Waals surface area contributed by atoms with Gasteiger partial charge in [-0.2, -0.15) is 5.10 Å². The van der Waals surface area contributed by atoms with Gasteiger partial charge in [0.15, 0.2) is 0 Å². The van der Waals surface area contributed by atoms with E-state index in [1.165, 1.54) is 6.07 Å². The van der Waals surface area contributed by atoms with Crippen LogP contribution in [0.4, 0.5) is 0 Å². The van der Waals surface area contributed by atoms with Gasteiger partial charge in [-0.25, -0.2) is 4.68 Å². The zero-order chi connectivity index (χ0) is 17.5. The predicted molar refractivity (Wildman–Crippen MR) is 88.3 cm³/mol. The van der Waals surface area contributed by atoms with Gasteiger partial charge >= 0.3 is 5.97 Å². The Bertz CT molecular complexity index is 781. The molecule has 1 aromatic heterocycles. The molecule has 1 heterocycles. The van der Waals surface area contributed by atoms with Crippen molar-refractivity contribution in [3.05, 3.63) is 52.3 Å². The van der Waals surface area contributed by atoms with Crippen LogP contribution >= 0.6 is 0 Å². The van der Waals surface area contributed by atoms with Crippen molar-refractivity contribution in [1.29, 1.82) is 0 Å². The molecule has 1 N–H and O–H groups in total. The molecule has 0 aliphatic heterocycles. The number of rotatable bonds is 6. The number of benzene rings is 1. The number of hydrogen-bond acceptors (Lipinski definition) is 5. The largest absolute Gasteiger partial charge is 0.465 e. The summed E-state index contributed by atoms with van der Waals surface area (Å²) in [6.45, 7) is 3.40. The summed E-state index contributed by atoms with van der Waals surface area (Å²) in [5.41, 5.74) is 2.16. The summed E-state index contributed by atoms with van der Waals surface area (Å²) >= 11 is 0. The molecule has 2 rings (SSSR count). The number of hydrogen-bond donors (Lipinski definition) is 1. The van der Waals surface area contributed by atoms with Gasteiger partial charge in [0.25, 0.3) is 5.56 Å². The number of aromatic nitrogens is 2. The molecule has 0 atom stereocenters. The zero-order valence-corrected chi connectivity index (χ0v) is 13.6.